The van der Waals surface area contributed by atoms with E-state index in [0.717, 1.165) is 25.5 Å². The molecule has 2 rings (SSSR count). The fourth-order valence-corrected chi connectivity index (χ4v) is 2.86. The van der Waals surface area contributed by atoms with E-state index in [0.29, 0.717) is 5.54 Å². The lowest BCUT2D eigenvalue weighted by Gasteiger charge is -2.42. The maximum atomic E-state index is 5.95. The molecule has 1 saturated carbocycles. The normalized spacial score (nSPS) is 25.5. The molecule has 0 saturated heterocycles. The molecule has 0 atom stereocenters. The van der Waals surface area contributed by atoms with Gasteiger partial charge in [-0.05, 0) is 19.3 Å². The van der Waals surface area contributed by atoms with Crippen molar-refractivity contribution in [1.82, 2.24) is 4.90 Å². The Morgan fingerprint density at radius 2 is 2.07 bits per heavy atom. The van der Waals surface area contributed by atoms with E-state index in [-0.39, 0.29) is 0 Å². The second-order valence-corrected chi connectivity index (χ2v) is 4.61. The average Bonchev–Trinajstić information content (AvgIpc) is 2.49. The van der Waals surface area contributed by atoms with Gasteiger partial charge in [0.25, 0.3) is 0 Å². The van der Waals surface area contributed by atoms with Crippen molar-refractivity contribution in [2.75, 3.05) is 13.1 Å². The Morgan fingerprint density at radius 3 is 2.71 bits per heavy atom. The monoisotopic (exact) mass is 195 g/mol. The first-order chi connectivity index (χ1) is 6.78. The first kappa shape index (κ1) is 9.81. The SMILES string of the molecule is CCCN1C(N)=NCC12CCCCC2. The molecule has 2 aliphatic rings. The molecular formula is C11H21N3. The van der Waals surface area contributed by atoms with E-state index in [1.807, 2.05) is 0 Å². The Bertz CT molecular complexity index is 229. The Labute approximate surface area is 86.4 Å². The number of guanidine groups is 1. The van der Waals surface area contributed by atoms with Crippen molar-refractivity contribution in [1.29, 1.82) is 0 Å². The summed E-state index contributed by atoms with van der Waals surface area (Å²) in [5.74, 6) is 0.786. The lowest BCUT2D eigenvalue weighted by molar-refractivity contribution is 0.142. The van der Waals surface area contributed by atoms with Gasteiger partial charge in [0.1, 0.15) is 0 Å². The van der Waals surface area contributed by atoms with Crippen LogP contribution in [0.25, 0.3) is 0 Å². The van der Waals surface area contributed by atoms with Gasteiger partial charge in [0, 0.05) is 6.54 Å². The standard InChI is InChI=1S/C11H21N3/c1-2-8-14-10(12)13-9-11(14)6-4-3-5-7-11/h2-9H2,1H3,(H2,12,13). The van der Waals surface area contributed by atoms with Crippen LogP contribution >= 0.6 is 0 Å². The summed E-state index contributed by atoms with van der Waals surface area (Å²) in [7, 11) is 0. The van der Waals surface area contributed by atoms with Crippen molar-refractivity contribution in [2.24, 2.45) is 10.7 Å². The van der Waals surface area contributed by atoms with Crippen molar-refractivity contribution in [2.45, 2.75) is 51.0 Å². The number of aliphatic imine (C=N–C) groups is 1. The van der Waals surface area contributed by atoms with Gasteiger partial charge in [-0.2, -0.15) is 0 Å². The van der Waals surface area contributed by atoms with Gasteiger partial charge in [0.05, 0.1) is 12.1 Å². The van der Waals surface area contributed by atoms with E-state index in [1.165, 1.54) is 32.1 Å². The van der Waals surface area contributed by atoms with Crippen molar-refractivity contribution >= 4 is 5.96 Å². The third-order valence-corrected chi connectivity index (χ3v) is 3.62. The van der Waals surface area contributed by atoms with Crippen molar-refractivity contribution < 1.29 is 0 Å². The van der Waals surface area contributed by atoms with Crippen LogP contribution in [0.2, 0.25) is 0 Å². The van der Waals surface area contributed by atoms with E-state index in [4.69, 9.17) is 5.73 Å². The lowest BCUT2D eigenvalue weighted by atomic mass is 9.81. The van der Waals surface area contributed by atoms with Gasteiger partial charge in [-0.25, -0.2) is 0 Å². The number of nitrogens with two attached hydrogens (primary N) is 1. The van der Waals surface area contributed by atoms with Crippen LogP contribution in [0.5, 0.6) is 0 Å². The van der Waals surface area contributed by atoms with Gasteiger partial charge in [0.15, 0.2) is 5.96 Å². The highest BCUT2D eigenvalue weighted by Crippen LogP contribution is 2.36. The molecule has 3 nitrogen and oxygen atoms in total. The molecule has 0 radical (unpaired) electrons. The molecule has 1 aliphatic carbocycles. The smallest absolute Gasteiger partial charge is 0.191 e. The number of nitrogens with zero attached hydrogens (tertiary/aromatic N) is 2. The minimum absolute atomic E-state index is 0.318. The topological polar surface area (TPSA) is 41.6 Å². The van der Waals surface area contributed by atoms with Crippen LogP contribution in [-0.2, 0) is 0 Å². The molecular weight excluding hydrogens is 174 g/mol. The minimum Gasteiger partial charge on any atom is -0.370 e. The van der Waals surface area contributed by atoms with Gasteiger partial charge < -0.3 is 10.6 Å². The third-order valence-electron chi connectivity index (χ3n) is 3.62. The summed E-state index contributed by atoms with van der Waals surface area (Å²) in [5.41, 5.74) is 6.26. The molecule has 14 heavy (non-hydrogen) atoms. The zero-order valence-electron chi connectivity index (χ0n) is 9.13. The Hall–Kier alpha value is -0.730. The molecule has 3 heteroatoms. The van der Waals surface area contributed by atoms with E-state index in [1.54, 1.807) is 0 Å². The first-order valence-corrected chi connectivity index (χ1v) is 5.86. The van der Waals surface area contributed by atoms with Crippen molar-refractivity contribution in [3.8, 4) is 0 Å². The number of rotatable bonds is 2. The van der Waals surface area contributed by atoms with Crippen LogP contribution in [0.1, 0.15) is 45.4 Å². The van der Waals surface area contributed by atoms with Crippen LogP contribution in [-0.4, -0.2) is 29.5 Å². The van der Waals surface area contributed by atoms with Gasteiger partial charge in [-0.1, -0.05) is 26.2 Å². The van der Waals surface area contributed by atoms with E-state index in [9.17, 15) is 0 Å². The van der Waals surface area contributed by atoms with Crippen molar-refractivity contribution in [3.63, 3.8) is 0 Å². The molecule has 0 bridgehead atoms. The maximum absolute atomic E-state index is 5.95. The van der Waals surface area contributed by atoms with Gasteiger partial charge in [-0.3, -0.25) is 4.99 Å². The fourth-order valence-electron chi connectivity index (χ4n) is 2.86. The van der Waals surface area contributed by atoms with Gasteiger partial charge >= 0.3 is 0 Å². The highest BCUT2D eigenvalue weighted by molar-refractivity contribution is 5.81. The third kappa shape index (κ3) is 1.49. The predicted molar refractivity (Wildman–Crippen MR) is 59.3 cm³/mol. The molecule has 0 aromatic heterocycles. The molecule has 0 aromatic carbocycles. The summed E-state index contributed by atoms with van der Waals surface area (Å²) in [6, 6.07) is 0. The molecule has 1 aliphatic heterocycles. The minimum atomic E-state index is 0.318. The van der Waals surface area contributed by atoms with Crippen LogP contribution in [0, 0.1) is 0 Å². The van der Waals surface area contributed by atoms with Gasteiger partial charge in [-0.15, -0.1) is 0 Å². The molecule has 2 N–H and O–H groups in total. The highest BCUT2D eigenvalue weighted by Gasteiger charge is 2.42. The summed E-state index contributed by atoms with van der Waals surface area (Å²) < 4.78 is 0. The predicted octanol–water partition coefficient (Wildman–Crippen LogP) is 1.73. The summed E-state index contributed by atoms with van der Waals surface area (Å²) in [6.45, 7) is 4.23. The largest absolute Gasteiger partial charge is 0.370 e. The number of hydrogen-bond donors (Lipinski definition) is 1. The summed E-state index contributed by atoms with van der Waals surface area (Å²) in [4.78, 5) is 6.80. The molecule has 0 aromatic rings. The van der Waals surface area contributed by atoms with Gasteiger partial charge in [0.2, 0.25) is 0 Å². The summed E-state index contributed by atoms with van der Waals surface area (Å²) >= 11 is 0. The summed E-state index contributed by atoms with van der Waals surface area (Å²) in [6.07, 6.45) is 7.83. The zero-order valence-corrected chi connectivity index (χ0v) is 9.13. The quantitative estimate of drug-likeness (QED) is 0.729. The highest BCUT2D eigenvalue weighted by atomic mass is 15.4. The Balaban J connectivity index is 2.10. The molecule has 1 fully saturated rings. The fraction of sp³-hybridized carbons (Fsp3) is 0.909. The molecule has 0 amide bonds. The Morgan fingerprint density at radius 1 is 1.36 bits per heavy atom. The lowest BCUT2D eigenvalue weighted by Crippen LogP contribution is -2.52. The molecule has 80 valence electrons. The summed E-state index contributed by atoms with van der Waals surface area (Å²) in [5, 5.41) is 0. The maximum Gasteiger partial charge on any atom is 0.191 e. The second kappa shape index (κ2) is 3.79. The number of hydrogen-bond acceptors (Lipinski definition) is 3. The van der Waals surface area contributed by atoms with Crippen LogP contribution in [0.4, 0.5) is 0 Å². The Kier molecular flexibility index (Phi) is 2.66. The van der Waals surface area contributed by atoms with Crippen LogP contribution < -0.4 is 5.73 Å². The molecule has 1 heterocycles. The zero-order chi connectivity index (χ0) is 10.0. The van der Waals surface area contributed by atoms with Crippen LogP contribution in [0.15, 0.2) is 4.99 Å². The van der Waals surface area contributed by atoms with E-state index < -0.39 is 0 Å². The van der Waals surface area contributed by atoms with Crippen molar-refractivity contribution in [3.05, 3.63) is 0 Å². The van der Waals surface area contributed by atoms with E-state index >= 15 is 0 Å². The second-order valence-electron chi connectivity index (χ2n) is 4.61. The first-order valence-electron chi connectivity index (χ1n) is 5.86. The molecule has 0 unspecified atom stereocenters. The van der Waals surface area contributed by atoms with E-state index in [2.05, 4.69) is 16.8 Å². The molecule has 1 spiro atoms. The van der Waals surface area contributed by atoms with Crippen LogP contribution in [0.3, 0.4) is 0 Å². The average molecular weight is 195 g/mol.